The fourth-order valence-corrected chi connectivity index (χ4v) is 6.62. The van der Waals surface area contributed by atoms with E-state index >= 15 is 0 Å². The highest BCUT2D eigenvalue weighted by molar-refractivity contribution is 7.89. The fourth-order valence-electron chi connectivity index (χ4n) is 4.95. The van der Waals surface area contributed by atoms with Crippen molar-refractivity contribution in [3.05, 3.63) is 58.6 Å². The van der Waals surface area contributed by atoms with Gasteiger partial charge in [0.1, 0.15) is 17.4 Å². The van der Waals surface area contributed by atoms with Crippen molar-refractivity contribution in [2.24, 2.45) is 5.41 Å². The highest BCUT2D eigenvalue weighted by atomic mass is 35.5. The predicted octanol–water partition coefficient (Wildman–Crippen LogP) is 5.18. The van der Waals surface area contributed by atoms with E-state index in [4.69, 9.17) is 16.3 Å². The van der Waals surface area contributed by atoms with Gasteiger partial charge in [-0.2, -0.15) is 4.31 Å². The molecule has 2 aromatic carbocycles. The second kappa shape index (κ2) is 11.0. The van der Waals surface area contributed by atoms with Crippen LogP contribution in [0, 0.1) is 24.0 Å². The molecule has 0 aliphatic carbocycles. The monoisotopic (exact) mass is 540 g/mol. The molecule has 196 valence electrons. The quantitative estimate of drug-likeness (QED) is 0.485. The minimum Gasteiger partial charge on any atom is -0.493 e. The summed E-state index contributed by atoms with van der Waals surface area (Å²) >= 11 is 6.12. The highest BCUT2D eigenvalue weighted by Crippen LogP contribution is 2.39. The summed E-state index contributed by atoms with van der Waals surface area (Å²) in [6.07, 6.45) is 3.93. The zero-order valence-electron chi connectivity index (χ0n) is 20.3. The number of hydrogen-bond acceptors (Lipinski definition) is 4. The van der Waals surface area contributed by atoms with Crippen LogP contribution < -0.4 is 4.74 Å². The summed E-state index contributed by atoms with van der Waals surface area (Å²) < 4.78 is 61.9. The van der Waals surface area contributed by atoms with Crippen LogP contribution in [0.15, 0.2) is 41.3 Å². The molecule has 1 amide bonds. The molecule has 6 nitrogen and oxygen atoms in total. The SMILES string of the molecule is Cc1cc(OCC2(CC(=O)N3CCCCC3)CCN(S(=O)(=O)c3c(F)cccc3F)CC2)ccc1Cl. The first-order valence-corrected chi connectivity index (χ1v) is 14.0. The lowest BCUT2D eigenvalue weighted by Crippen LogP contribution is -2.48. The second-order valence-electron chi connectivity index (χ2n) is 9.77. The first kappa shape index (κ1) is 26.8. The van der Waals surface area contributed by atoms with Gasteiger partial charge in [0.15, 0.2) is 4.90 Å². The first-order valence-electron chi connectivity index (χ1n) is 12.2. The molecular weight excluding hydrogens is 510 g/mol. The third-order valence-electron chi connectivity index (χ3n) is 7.21. The van der Waals surface area contributed by atoms with Crippen molar-refractivity contribution in [1.29, 1.82) is 0 Å². The van der Waals surface area contributed by atoms with Crippen molar-refractivity contribution in [2.45, 2.75) is 50.3 Å². The summed E-state index contributed by atoms with van der Waals surface area (Å²) in [5, 5.41) is 0.622. The molecule has 2 aliphatic rings. The number of ether oxygens (including phenoxy) is 1. The third-order valence-corrected chi connectivity index (χ3v) is 9.58. The number of benzene rings is 2. The molecule has 0 saturated carbocycles. The number of halogens is 3. The van der Waals surface area contributed by atoms with E-state index in [1.54, 1.807) is 12.1 Å². The topological polar surface area (TPSA) is 66.9 Å². The molecule has 0 radical (unpaired) electrons. The number of sulfonamides is 1. The van der Waals surface area contributed by atoms with E-state index in [1.165, 1.54) is 0 Å². The largest absolute Gasteiger partial charge is 0.493 e. The Morgan fingerprint density at radius 3 is 2.28 bits per heavy atom. The molecule has 2 heterocycles. The molecule has 0 N–H and O–H groups in total. The molecule has 36 heavy (non-hydrogen) atoms. The number of aryl methyl sites for hydroxylation is 1. The Morgan fingerprint density at radius 1 is 1.03 bits per heavy atom. The minimum absolute atomic E-state index is 0.0297. The number of carbonyl (C=O) groups is 1. The molecular formula is C26H31ClF2N2O4S. The maximum Gasteiger partial charge on any atom is 0.248 e. The van der Waals surface area contributed by atoms with Gasteiger partial charge in [-0.3, -0.25) is 4.79 Å². The summed E-state index contributed by atoms with van der Waals surface area (Å²) in [6, 6.07) is 8.33. The van der Waals surface area contributed by atoms with Gasteiger partial charge in [-0.1, -0.05) is 17.7 Å². The van der Waals surface area contributed by atoms with E-state index in [-0.39, 0.29) is 32.0 Å². The maximum atomic E-state index is 14.3. The van der Waals surface area contributed by atoms with Crippen LogP contribution in [0.3, 0.4) is 0 Å². The maximum absolute atomic E-state index is 14.3. The first-order chi connectivity index (χ1) is 17.1. The Hall–Kier alpha value is -2.23. The van der Waals surface area contributed by atoms with Gasteiger partial charge in [0.2, 0.25) is 15.9 Å². The van der Waals surface area contributed by atoms with Crippen molar-refractivity contribution < 1.29 is 26.7 Å². The molecule has 0 unspecified atom stereocenters. The molecule has 0 atom stereocenters. The number of amides is 1. The van der Waals surface area contributed by atoms with Crippen LogP contribution in [-0.2, 0) is 14.8 Å². The lowest BCUT2D eigenvalue weighted by molar-refractivity contribution is -0.136. The fraction of sp³-hybridized carbons (Fsp3) is 0.500. The summed E-state index contributed by atoms with van der Waals surface area (Å²) in [4.78, 5) is 14.1. The molecule has 10 heteroatoms. The summed E-state index contributed by atoms with van der Waals surface area (Å²) in [5.74, 6) is -1.59. The van der Waals surface area contributed by atoms with Crippen molar-refractivity contribution in [3.63, 3.8) is 0 Å². The molecule has 2 aromatic rings. The van der Waals surface area contributed by atoms with Crippen LogP contribution >= 0.6 is 11.6 Å². The van der Waals surface area contributed by atoms with Gasteiger partial charge in [-0.05, 0) is 74.9 Å². The van der Waals surface area contributed by atoms with Crippen LogP contribution in [0.2, 0.25) is 5.02 Å². The molecule has 2 saturated heterocycles. The molecule has 4 rings (SSSR count). The summed E-state index contributed by atoms with van der Waals surface area (Å²) in [6.45, 7) is 3.60. The van der Waals surface area contributed by atoms with Gasteiger partial charge in [-0.15, -0.1) is 0 Å². The van der Waals surface area contributed by atoms with Crippen LogP contribution in [0.4, 0.5) is 8.78 Å². The molecule has 0 aromatic heterocycles. The smallest absolute Gasteiger partial charge is 0.248 e. The van der Waals surface area contributed by atoms with Crippen LogP contribution in [0.25, 0.3) is 0 Å². The van der Waals surface area contributed by atoms with Gasteiger partial charge in [0, 0.05) is 43.0 Å². The van der Waals surface area contributed by atoms with E-state index in [2.05, 4.69) is 0 Å². The summed E-state index contributed by atoms with van der Waals surface area (Å²) in [5.41, 5.74) is 0.252. The average molecular weight is 541 g/mol. The molecule has 0 spiro atoms. The Balaban J connectivity index is 1.53. The van der Waals surface area contributed by atoms with Crippen LogP contribution in [0.1, 0.15) is 44.1 Å². The Kier molecular flexibility index (Phi) is 8.22. The normalized spacial score (nSPS) is 18.7. The number of carbonyl (C=O) groups excluding carboxylic acids is 1. The van der Waals surface area contributed by atoms with Crippen molar-refractivity contribution in [1.82, 2.24) is 9.21 Å². The van der Waals surface area contributed by atoms with E-state index in [9.17, 15) is 22.0 Å². The van der Waals surface area contributed by atoms with E-state index in [0.29, 0.717) is 23.6 Å². The highest BCUT2D eigenvalue weighted by Gasteiger charge is 2.42. The van der Waals surface area contributed by atoms with Crippen LogP contribution in [0.5, 0.6) is 5.75 Å². The number of nitrogens with zero attached hydrogens (tertiary/aromatic N) is 2. The van der Waals surface area contributed by atoms with E-state index < -0.39 is 32.0 Å². The molecule has 2 fully saturated rings. The predicted molar refractivity (Wildman–Crippen MR) is 134 cm³/mol. The van der Waals surface area contributed by atoms with Crippen molar-refractivity contribution in [2.75, 3.05) is 32.8 Å². The number of rotatable bonds is 7. The van der Waals surface area contributed by atoms with E-state index in [1.807, 2.05) is 17.9 Å². The van der Waals surface area contributed by atoms with E-state index in [0.717, 1.165) is 60.4 Å². The molecule has 2 aliphatic heterocycles. The van der Waals surface area contributed by atoms with Crippen LogP contribution in [-0.4, -0.2) is 56.3 Å². The second-order valence-corrected chi connectivity index (χ2v) is 12.1. The van der Waals surface area contributed by atoms with Gasteiger partial charge in [0.05, 0.1) is 6.61 Å². The standard InChI is InChI=1S/C26H31ClF2N2O4S/c1-19-16-20(8-9-21(19)27)35-18-26(17-24(32)30-12-3-2-4-13-30)10-14-31(15-11-26)36(33,34)25-22(28)6-5-7-23(25)29/h5-9,16H,2-4,10-15,17-18H2,1H3. The van der Waals surface area contributed by atoms with Crippen molar-refractivity contribution in [3.8, 4) is 5.75 Å². The number of likely N-dealkylation sites (tertiary alicyclic amines) is 1. The number of hydrogen-bond donors (Lipinski definition) is 0. The van der Waals surface area contributed by atoms with Gasteiger partial charge < -0.3 is 9.64 Å². The third kappa shape index (κ3) is 5.84. The minimum atomic E-state index is -4.37. The Labute approximate surface area is 216 Å². The lowest BCUT2D eigenvalue weighted by Gasteiger charge is -2.42. The van der Waals surface area contributed by atoms with Gasteiger partial charge in [-0.25, -0.2) is 17.2 Å². The molecule has 0 bridgehead atoms. The average Bonchev–Trinajstić information content (AvgIpc) is 2.85. The zero-order chi connectivity index (χ0) is 25.9. The number of piperidine rings is 2. The Bertz CT molecular complexity index is 1190. The Morgan fingerprint density at radius 2 is 1.67 bits per heavy atom. The van der Waals surface area contributed by atoms with Crippen molar-refractivity contribution >= 4 is 27.5 Å². The zero-order valence-corrected chi connectivity index (χ0v) is 21.9. The van der Waals surface area contributed by atoms with Gasteiger partial charge in [0.25, 0.3) is 0 Å². The lowest BCUT2D eigenvalue weighted by atomic mass is 9.76. The van der Waals surface area contributed by atoms with Gasteiger partial charge >= 0.3 is 0 Å². The summed E-state index contributed by atoms with van der Waals surface area (Å²) in [7, 11) is -4.37.